The van der Waals surface area contributed by atoms with Crippen LogP contribution in [0.4, 0.5) is 0 Å². The minimum atomic E-state index is 0.589. The number of aromatic amines is 1. The Morgan fingerprint density at radius 1 is 1.07 bits per heavy atom. The summed E-state index contributed by atoms with van der Waals surface area (Å²) < 4.78 is 0. The molecule has 72 valence electrons. The van der Waals surface area contributed by atoms with Gasteiger partial charge in [0.2, 0.25) is 0 Å². The van der Waals surface area contributed by atoms with Crippen molar-refractivity contribution in [2.45, 2.75) is 5.92 Å². The van der Waals surface area contributed by atoms with Gasteiger partial charge >= 0.3 is 0 Å². The normalized spacial score (nSPS) is 18.0. The van der Waals surface area contributed by atoms with E-state index in [-0.39, 0.29) is 0 Å². The van der Waals surface area contributed by atoms with Crippen LogP contribution < -0.4 is 10.9 Å². The molecule has 0 unspecified atom stereocenters. The number of hydrazine groups is 1. The van der Waals surface area contributed by atoms with Crippen LogP contribution in [0.15, 0.2) is 30.5 Å². The van der Waals surface area contributed by atoms with E-state index in [1.54, 1.807) is 0 Å². The summed E-state index contributed by atoms with van der Waals surface area (Å²) in [6.45, 7) is 2.03. The van der Waals surface area contributed by atoms with Gasteiger partial charge in [-0.2, -0.15) is 0 Å². The number of benzene rings is 1. The van der Waals surface area contributed by atoms with Gasteiger partial charge in [-0.25, -0.2) is 0 Å². The molecule has 0 spiro atoms. The molecule has 1 aliphatic rings. The number of para-hydroxylation sites is 1. The molecule has 0 aliphatic carbocycles. The average molecular weight is 187 g/mol. The van der Waals surface area contributed by atoms with Crippen molar-refractivity contribution in [2.24, 2.45) is 0 Å². The van der Waals surface area contributed by atoms with E-state index in [1.807, 2.05) is 0 Å². The highest BCUT2D eigenvalue weighted by atomic mass is 15.4. The first-order valence-electron chi connectivity index (χ1n) is 4.97. The first-order valence-corrected chi connectivity index (χ1v) is 4.97. The van der Waals surface area contributed by atoms with Crippen molar-refractivity contribution >= 4 is 10.9 Å². The number of rotatable bonds is 1. The summed E-state index contributed by atoms with van der Waals surface area (Å²) in [7, 11) is 0. The number of nitrogens with one attached hydrogen (secondary N) is 3. The van der Waals surface area contributed by atoms with Gasteiger partial charge < -0.3 is 4.98 Å². The molecule has 2 aromatic rings. The van der Waals surface area contributed by atoms with Gasteiger partial charge in [0, 0.05) is 36.1 Å². The Balaban J connectivity index is 2.11. The fourth-order valence-electron chi connectivity index (χ4n) is 2.11. The number of H-pyrrole nitrogens is 1. The summed E-state index contributed by atoms with van der Waals surface area (Å²) in [5.41, 5.74) is 8.97. The van der Waals surface area contributed by atoms with Crippen molar-refractivity contribution in [3.8, 4) is 0 Å². The van der Waals surface area contributed by atoms with Crippen LogP contribution in [0.3, 0.4) is 0 Å². The maximum atomic E-state index is 3.31. The molecule has 3 nitrogen and oxygen atoms in total. The molecular weight excluding hydrogens is 174 g/mol. The van der Waals surface area contributed by atoms with E-state index in [0.29, 0.717) is 5.92 Å². The van der Waals surface area contributed by atoms with E-state index in [2.05, 4.69) is 46.3 Å². The molecule has 1 saturated heterocycles. The van der Waals surface area contributed by atoms with E-state index in [1.165, 1.54) is 16.5 Å². The van der Waals surface area contributed by atoms with E-state index < -0.39 is 0 Å². The van der Waals surface area contributed by atoms with Crippen molar-refractivity contribution in [1.29, 1.82) is 0 Å². The largest absolute Gasteiger partial charge is 0.361 e. The van der Waals surface area contributed by atoms with Crippen LogP contribution in [0, 0.1) is 0 Å². The van der Waals surface area contributed by atoms with Gasteiger partial charge in [0.25, 0.3) is 0 Å². The Hall–Kier alpha value is -1.32. The summed E-state index contributed by atoms with van der Waals surface area (Å²) >= 11 is 0. The zero-order chi connectivity index (χ0) is 9.38. The van der Waals surface area contributed by atoms with Crippen LogP contribution in [0.5, 0.6) is 0 Å². The van der Waals surface area contributed by atoms with Crippen LogP contribution in [-0.2, 0) is 0 Å². The molecule has 0 amide bonds. The summed E-state index contributed by atoms with van der Waals surface area (Å²) in [4.78, 5) is 3.31. The van der Waals surface area contributed by atoms with Gasteiger partial charge in [-0.3, -0.25) is 10.9 Å². The maximum Gasteiger partial charge on any atom is 0.0456 e. The SMILES string of the molecule is c1ccc2c(C3CNNC3)c[nH]c2c1. The lowest BCUT2D eigenvalue weighted by atomic mass is 10.00. The van der Waals surface area contributed by atoms with E-state index >= 15 is 0 Å². The molecule has 1 fully saturated rings. The predicted molar refractivity (Wildman–Crippen MR) is 57.0 cm³/mol. The molecule has 14 heavy (non-hydrogen) atoms. The Kier molecular flexibility index (Phi) is 1.79. The van der Waals surface area contributed by atoms with Crippen molar-refractivity contribution < 1.29 is 0 Å². The molecule has 0 radical (unpaired) electrons. The third-order valence-electron chi connectivity index (χ3n) is 2.88. The quantitative estimate of drug-likeness (QED) is 0.631. The van der Waals surface area contributed by atoms with E-state index in [4.69, 9.17) is 0 Å². The second-order valence-electron chi connectivity index (χ2n) is 3.75. The van der Waals surface area contributed by atoms with Gasteiger partial charge in [-0.05, 0) is 11.6 Å². The van der Waals surface area contributed by atoms with Crippen molar-refractivity contribution in [2.75, 3.05) is 13.1 Å². The minimum absolute atomic E-state index is 0.589. The predicted octanol–water partition coefficient (Wildman–Crippen LogP) is 1.36. The van der Waals surface area contributed by atoms with Gasteiger partial charge in [0.1, 0.15) is 0 Å². The molecule has 3 N–H and O–H groups in total. The summed E-state index contributed by atoms with van der Waals surface area (Å²) in [5.74, 6) is 0.589. The highest BCUT2D eigenvalue weighted by molar-refractivity contribution is 5.83. The Bertz CT molecular complexity index is 440. The third-order valence-corrected chi connectivity index (χ3v) is 2.88. The molecule has 3 rings (SSSR count). The zero-order valence-electron chi connectivity index (χ0n) is 7.88. The van der Waals surface area contributed by atoms with Crippen LogP contribution in [0.2, 0.25) is 0 Å². The molecule has 2 heterocycles. The highest BCUT2D eigenvalue weighted by Gasteiger charge is 2.18. The molecule has 3 heteroatoms. The second-order valence-corrected chi connectivity index (χ2v) is 3.75. The first kappa shape index (κ1) is 8.03. The third kappa shape index (κ3) is 1.14. The fourth-order valence-corrected chi connectivity index (χ4v) is 2.11. The zero-order valence-corrected chi connectivity index (χ0v) is 7.88. The monoisotopic (exact) mass is 187 g/mol. The Morgan fingerprint density at radius 3 is 2.71 bits per heavy atom. The van der Waals surface area contributed by atoms with Crippen molar-refractivity contribution in [3.63, 3.8) is 0 Å². The number of hydrogen-bond acceptors (Lipinski definition) is 2. The maximum absolute atomic E-state index is 3.31. The lowest BCUT2D eigenvalue weighted by molar-refractivity contribution is 0.689. The lowest BCUT2D eigenvalue weighted by Gasteiger charge is -2.04. The molecular formula is C11H13N3. The van der Waals surface area contributed by atoms with E-state index in [9.17, 15) is 0 Å². The standard InChI is InChI=1S/C11H13N3/c1-2-4-11-9(3-1)10(7-12-11)8-5-13-14-6-8/h1-4,7-8,12-14H,5-6H2. The van der Waals surface area contributed by atoms with Gasteiger partial charge in [0.15, 0.2) is 0 Å². The number of fused-ring (bicyclic) bond motifs is 1. The highest BCUT2D eigenvalue weighted by Crippen LogP contribution is 2.25. The number of hydrogen-bond donors (Lipinski definition) is 3. The lowest BCUT2D eigenvalue weighted by Crippen LogP contribution is -2.21. The number of aromatic nitrogens is 1. The van der Waals surface area contributed by atoms with E-state index in [0.717, 1.165) is 13.1 Å². The van der Waals surface area contributed by atoms with Crippen LogP contribution >= 0.6 is 0 Å². The molecule has 0 saturated carbocycles. The van der Waals surface area contributed by atoms with Gasteiger partial charge in [0.05, 0.1) is 0 Å². The van der Waals surface area contributed by atoms with Gasteiger partial charge in [-0.1, -0.05) is 18.2 Å². The minimum Gasteiger partial charge on any atom is -0.361 e. The molecule has 0 atom stereocenters. The Labute approximate surface area is 82.5 Å². The molecule has 0 bridgehead atoms. The topological polar surface area (TPSA) is 39.8 Å². The van der Waals surface area contributed by atoms with Crippen molar-refractivity contribution in [3.05, 3.63) is 36.0 Å². The smallest absolute Gasteiger partial charge is 0.0456 e. The summed E-state index contributed by atoms with van der Waals surface area (Å²) in [6.07, 6.45) is 2.13. The molecule has 1 aromatic carbocycles. The Morgan fingerprint density at radius 2 is 1.86 bits per heavy atom. The van der Waals surface area contributed by atoms with Gasteiger partial charge in [-0.15, -0.1) is 0 Å². The molecule has 1 aromatic heterocycles. The molecule has 1 aliphatic heterocycles. The van der Waals surface area contributed by atoms with Crippen LogP contribution in [0.25, 0.3) is 10.9 Å². The average Bonchev–Trinajstić information content (AvgIpc) is 2.85. The van der Waals surface area contributed by atoms with Crippen LogP contribution in [-0.4, -0.2) is 18.1 Å². The fraction of sp³-hybridized carbons (Fsp3) is 0.273. The van der Waals surface area contributed by atoms with Crippen LogP contribution in [0.1, 0.15) is 11.5 Å². The summed E-state index contributed by atoms with van der Waals surface area (Å²) in [5, 5.41) is 1.35. The second kappa shape index (κ2) is 3.12. The van der Waals surface area contributed by atoms with Crippen molar-refractivity contribution in [1.82, 2.24) is 15.8 Å². The first-order chi connectivity index (χ1) is 6.95. The summed E-state index contributed by atoms with van der Waals surface area (Å²) in [6, 6.07) is 8.46.